The van der Waals surface area contributed by atoms with E-state index in [0.29, 0.717) is 42.2 Å². The summed E-state index contributed by atoms with van der Waals surface area (Å²) in [6, 6.07) is 22.4. The highest BCUT2D eigenvalue weighted by Crippen LogP contribution is 2.20. The summed E-state index contributed by atoms with van der Waals surface area (Å²) < 4.78 is 35.8. The van der Waals surface area contributed by atoms with Crippen molar-refractivity contribution < 1.29 is 26.8 Å². The van der Waals surface area contributed by atoms with Crippen LogP contribution in [0.4, 0.5) is 17.8 Å². The summed E-state index contributed by atoms with van der Waals surface area (Å²) in [5, 5.41) is 11.1. The molecule has 0 unspecified atom stereocenters. The minimum atomic E-state index is -3.57. The molecule has 0 atom stereocenters. The average molecular weight is 917 g/mol. The molecule has 2 fully saturated rings. The van der Waals surface area contributed by atoms with Gasteiger partial charge >= 0.3 is 0 Å². The van der Waals surface area contributed by atoms with Gasteiger partial charge in [0.2, 0.25) is 39.3 Å². The molecule has 10 rings (SSSR count). The van der Waals surface area contributed by atoms with Crippen molar-refractivity contribution in [3.63, 3.8) is 0 Å². The van der Waals surface area contributed by atoms with E-state index in [1.807, 2.05) is 58.3 Å². The zero-order valence-corrected chi connectivity index (χ0v) is 36.8. The van der Waals surface area contributed by atoms with Crippen LogP contribution in [0.1, 0.15) is 57.5 Å². The first-order valence-electron chi connectivity index (χ1n) is 21.2. The lowest BCUT2D eigenvalue weighted by Gasteiger charge is -2.15. The van der Waals surface area contributed by atoms with Crippen LogP contribution in [0.3, 0.4) is 0 Å². The predicted octanol–water partition coefficient (Wildman–Crippen LogP) is 3.44. The number of carbonyl (C=O) groups excluding carboxylic acids is 2. The molecular formula is C43H48N16O6S. The zero-order valence-electron chi connectivity index (χ0n) is 36.0. The van der Waals surface area contributed by atoms with Crippen LogP contribution < -0.4 is 22.5 Å². The molecule has 342 valence electrons. The summed E-state index contributed by atoms with van der Waals surface area (Å²) >= 11 is 0. The van der Waals surface area contributed by atoms with Gasteiger partial charge in [0.15, 0.2) is 11.5 Å². The van der Waals surface area contributed by atoms with Crippen LogP contribution in [0.15, 0.2) is 99.3 Å². The highest BCUT2D eigenvalue weighted by molar-refractivity contribution is 7.90. The molecule has 8 heterocycles. The molecular weight excluding hydrogens is 869 g/mol. The van der Waals surface area contributed by atoms with E-state index >= 15 is 0 Å². The third-order valence-electron chi connectivity index (χ3n) is 10.6. The monoisotopic (exact) mass is 916 g/mol. The fraction of sp³-hybridized carbons (Fsp3) is 0.302. The first-order chi connectivity index (χ1) is 31.9. The predicted molar refractivity (Wildman–Crippen MR) is 243 cm³/mol. The fourth-order valence-electron chi connectivity index (χ4n) is 7.18. The summed E-state index contributed by atoms with van der Waals surface area (Å²) in [4.78, 5) is 52.8. The Bertz CT molecular complexity index is 3020. The molecule has 7 N–H and O–H groups in total. The van der Waals surface area contributed by atoms with Gasteiger partial charge in [-0.15, -0.1) is 10.2 Å². The van der Waals surface area contributed by atoms with Crippen LogP contribution >= 0.6 is 0 Å². The van der Waals surface area contributed by atoms with Crippen molar-refractivity contribution in [3.05, 3.63) is 108 Å². The number of fused-ring (bicyclic) bond motifs is 2. The third-order valence-corrected chi connectivity index (χ3v) is 11.4. The van der Waals surface area contributed by atoms with E-state index in [1.54, 1.807) is 30.5 Å². The van der Waals surface area contributed by atoms with E-state index in [-0.39, 0.29) is 35.3 Å². The SMILES string of the molecule is CS(=O)(=O)c1nc(N)n2nc(-c3ccco3)nc2n1.NCCc1ccc(C(=O)N2CCCC2)cc1.Nc1nc(NCCc2ccc(C(=O)N3CCCC3)cc2)nc2nc(-c3ccco3)nn12. The van der Waals surface area contributed by atoms with E-state index in [0.717, 1.165) is 92.2 Å². The van der Waals surface area contributed by atoms with Gasteiger partial charge in [-0.1, -0.05) is 24.3 Å². The van der Waals surface area contributed by atoms with Gasteiger partial charge < -0.3 is 41.2 Å². The van der Waals surface area contributed by atoms with Crippen molar-refractivity contribution in [2.75, 3.05) is 62.3 Å². The van der Waals surface area contributed by atoms with Gasteiger partial charge in [-0.05, 0) is 105 Å². The normalized spacial score (nSPS) is 13.7. The van der Waals surface area contributed by atoms with E-state index in [2.05, 4.69) is 45.4 Å². The standard InChI is InChI=1S/C21H22N8O2.C13H18N2O.C9H8N6O3S/c22-19-25-20(26-21-24-17(27-29(19)21)16-4-3-13-31-16)23-10-9-14-5-7-15(8-6-14)18(30)28-11-1-2-12-28;14-8-7-11-3-5-12(6-4-11)13(16)15-9-1-2-10-15;1-19(16,17)9-12-7(10)15-8(13-9)11-6(14-15)5-3-2-4-18-5/h3-8,13H,1-2,9-12H2,(H3,22,23,24,25,26,27);3-6H,1-2,7-10,14H2;2-4H,1H3,(H2,10,11,12,13,14). The van der Waals surface area contributed by atoms with E-state index in [1.165, 1.54) is 16.3 Å². The lowest BCUT2D eigenvalue weighted by atomic mass is 10.1. The molecule has 2 aliphatic heterocycles. The van der Waals surface area contributed by atoms with Crippen molar-refractivity contribution in [2.24, 2.45) is 5.73 Å². The summed E-state index contributed by atoms with van der Waals surface area (Å²) in [5.41, 5.74) is 21.0. The molecule has 66 heavy (non-hydrogen) atoms. The van der Waals surface area contributed by atoms with Crippen molar-refractivity contribution >= 4 is 51.1 Å². The van der Waals surface area contributed by atoms with Gasteiger partial charge in [-0.25, -0.2) is 8.42 Å². The molecule has 2 aliphatic rings. The number of amides is 2. The molecule has 2 saturated heterocycles. The van der Waals surface area contributed by atoms with Gasteiger partial charge in [0, 0.05) is 50.1 Å². The van der Waals surface area contributed by atoms with Crippen LogP contribution in [-0.2, 0) is 22.7 Å². The van der Waals surface area contributed by atoms with E-state index in [4.69, 9.17) is 26.0 Å². The van der Waals surface area contributed by atoms with E-state index in [9.17, 15) is 18.0 Å². The molecule has 0 aliphatic carbocycles. The highest BCUT2D eigenvalue weighted by atomic mass is 32.2. The van der Waals surface area contributed by atoms with Gasteiger partial charge in [0.05, 0.1) is 12.5 Å². The number of nitrogen functional groups attached to an aromatic ring is 2. The number of carbonyl (C=O) groups is 2. The first-order valence-corrected chi connectivity index (χ1v) is 23.1. The van der Waals surface area contributed by atoms with Gasteiger partial charge in [-0.3, -0.25) is 9.59 Å². The Morgan fingerprint density at radius 3 is 1.56 bits per heavy atom. The van der Waals surface area contributed by atoms with Crippen LogP contribution in [-0.4, -0.2) is 125 Å². The van der Waals surface area contributed by atoms with E-state index < -0.39 is 15.0 Å². The molecule has 2 aromatic carbocycles. The van der Waals surface area contributed by atoms with Gasteiger partial charge in [-0.2, -0.15) is 38.9 Å². The Hall–Kier alpha value is -7.79. The lowest BCUT2D eigenvalue weighted by Crippen LogP contribution is -2.27. The van der Waals surface area contributed by atoms with Crippen LogP contribution in [0, 0.1) is 0 Å². The summed E-state index contributed by atoms with van der Waals surface area (Å²) in [5.74, 6) is 2.70. The molecule has 0 bridgehead atoms. The number of benzene rings is 2. The third kappa shape index (κ3) is 10.6. The largest absolute Gasteiger partial charge is 0.461 e. The molecule has 22 nitrogen and oxygen atoms in total. The number of nitrogens with zero attached hydrogens (tertiary/aromatic N) is 12. The summed E-state index contributed by atoms with van der Waals surface area (Å²) in [6.07, 6.45) is 10.1. The molecule has 2 amide bonds. The number of aromatic nitrogens is 10. The summed E-state index contributed by atoms with van der Waals surface area (Å²) in [7, 11) is -3.57. The molecule has 23 heteroatoms. The second-order valence-electron chi connectivity index (χ2n) is 15.4. The fourth-order valence-corrected chi connectivity index (χ4v) is 7.68. The first kappa shape index (κ1) is 44.8. The van der Waals surface area contributed by atoms with Gasteiger partial charge in [0.25, 0.3) is 28.5 Å². The van der Waals surface area contributed by atoms with Crippen LogP contribution in [0.5, 0.6) is 0 Å². The Balaban J connectivity index is 0.000000145. The number of nitrogens with one attached hydrogen (secondary N) is 1. The highest BCUT2D eigenvalue weighted by Gasteiger charge is 2.21. The second kappa shape index (κ2) is 19.9. The molecule has 0 saturated carbocycles. The van der Waals surface area contributed by atoms with Gasteiger partial charge in [0.1, 0.15) is 0 Å². The topological polar surface area (TPSA) is 303 Å². The van der Waals surface area contributed by atoms with Crippen LogP contribution in [0.2, 0.25) is 0 Å². The number of hydrogen-bond donors (Lipinski definition) is 4. The van der Waals surface area contributed by atoms with Crippen LogP contribution in [0.25, 0.3) is 34.7 Å². The molecule has 6 aromatic heterocycles. The molecule has 0 radical (unpaired) electrons. The summed E-state index contributed by atoms with van der Waals surface area (Å²) in [6.45, 7) is 4.78. The Kier molecular flexibility index (Phi) is 13.5. The van der Waals surface area contributed by atoms with Crippen molar-refractivity contribution in [1.29, 1.82) is 0 Å². The Morgan fingerprint density at radius 1 is 0.636 bits per heavy atom. The lowest BCUT2D eigenvalue weighted by molar-refractivity contribution is 0.0785. The Labute approximate surface area is 378 Å². The number of hydrogen-bond acceptors (Lipinski definition) is 18. The smallest absolute Gasteiger partial charge is 0.259 e. The quantitative estimate of drug-likeness (QED) is 0.144. The Morgan fingerprint density at radius 2 is 1.11 bits per heavy atom. The number of rotatable bonds is 11. The number of likely N-dealkylation sites (tertiary alicyclic amines) is 2. The zero-order chi connectivity index (χ0) is 46.2. The maximum absolute atomic E-state index is 12.4. The van der Waals surface area contributed by atoms with Crippen molar-refractivity contribution in [1.82, 2.24) is 58.9 Å². The van der Waals surface area contributed by atoms with Crippen molar-refractivity contribution in [3.8, 4) is 23.2 Å². The minimum absolute atomic E-state index is 0.0410. The number of nitrogens with two attached hydrogens (primary N) is 3. The molecule has 8 aromatic rings. The second-order valence-corrected chi connectivity index (χ2v) is 17.3. The average Bonchev–Trinajstić information content (AvgIpc) is 4.17. The number of sulfone groups is 1. The maximum atomic E-state index is 12.4. The van der Waals surface area contributed by atoms with Crippen molar-refractivity contribution in [2.45, 2.75) is 43.7 Å². The number of furan rings is 2. The maximum Gasteiger partial charge on any atom is 0.259 e. The number of anilines is 3. The molecule has 0 spiro atoms. The minimum Gasteiger partial charge on any atom is -0.461 e.